The van der Waals surface area contributed by atoms with Crippen molar-refractivity contribution in [1.82, 2.24) is 4.57 Å². The molecule has 2 aromatic rings. The number of ether oxygens (including phenoxy) is 3. The molecule has 10 heteroatoms. The number of fused-ring (bicyclic) bond motifs is 1. The zero-order chi connectivity index (χ0) is 25.5. The van der Waals surface area contributed by atoms with Gasteiger partial charge in [0.25, 0.3) is 5.91 Å². The average Bonchev–Trinajstić information content (AvgIpc) is 3.48. The molecule has 1 amide bonds. The van der Waals surface area contributed by atoms with E-state index in [2.05, 4.69) is 5.32 Å². The summed E-state index contributed by atoms with van der Waals surface area (Å²) in [7, 11) is 1.62. The molecule has 1 aliphatic carbocycles. The van der Waals surface area contributed by atoms with Crippen LogP contribution in [0.25, 0.3) is 6.08 Å². The van der Waals surface area contributed by atoms with Crippen LogP contribution in [-0.2, 0) is 43.2 Å². The number of carbonyl (C=O) groups excluding carboxylic acids is 3. The van der Waals surface area contributed by atoms with Crippen LogP contribution in [0, 0.1) is 25.2 Å². The first-order valence-electron chi connectivity index (χ1n) is 11.4. The Balaban J connectivity index is 1.67. The maximum absolute atomic E-state index is 12.5. The fourth-order valence-electron chi connectivity index (χ4n) is 4.08. The molecule has 0 aliphatic heterocycles. The second kappa shape index (κ2) is 11.8. The normalized spacial score (nSPS) is 12.7. The first-order chi connectivity index (χ1) is 16.8. The van der Waals surface area contributed by atoms with Gasteiger partial charge in [-0.15, -0.1) is 11.3 Å². The topological polar surface area (TPSA) is 120 Å². The Bertz CT molecular complexity index is 1200. The molecular formula is C25H29N3O6S. The van der Waals surface area contributed by atoms with Gasteiger partial charge in [-0.05, 0) is 63.3 Å². The van der Waals surface area contributed by atoms with E-state index in [1.807, 2.05) is 30.6 Å². The summed E-state index contributed by atoms with van der Waals surface area (Å²) in [6, 6.07) is 3.72. The van der Waals surface area contributed by atoms with E-state index in [0.717, 1.165) is 41.1 Å². The minimum absolute atomic E-state index is 0.216. The molecule has 0 saturated heterocycles. The number of aromatic nitrogens is 1. The zero-order valence-electron chi connectivity index (χ0n) is 20.4. The Labute approximate surface area is 208 Å². The maximum Gasteiger partial charge on any atom is 0.349 e. The van der Waals surface area contributed by atoms with Crippen LogP contribution in [0.15, 0.2) is 11.6 Å². The molecule has 35 heavy (non-hydrogen) atoms. The molecule has 2 heterocycles. The number of rotatable bonds is 10. The quantitative estimate of drug-likeness (QED) is 0.301. The zero-order valence-corrected chi connectivity index (χ0v) is 21.2. The maximum atomic E-state index is 12.5. The van der Waals surface area contributed by atoms with Gasteiger partial charge in [-0.2, -0.15) is 5.26 Å². The van der Waals surface area contributed by atoms with Crippen molar-refractivity contribution >= 4 is 40.3 Å². The Morgan fingerprint density at radius 1 is 1.26 bits per heavy atom. The second-order valence-corrected chi connectivity index (χ2v) is 9.15. The summed E-state index contributed by atoms with van der Waals surface area (Å²) in [4.78, 5) is 38.5. The van der Waals surface area contributed by atoms with Crippen LogP contribution in [-0.4, -0.2) is 49.3 Å². The highest BCUT2D eigenvalue weighted by Crippen LogP contribution is 2.39. The molecule has 1 aliphatic rings. The molecule has 186 valence electrons. The number of nitrogens with zero attached hydrogens (tertiary/aromatic N) is 2. The molecular weight excluding hydrogens is 470 g/mol. The van der Waals surface area contributed by atoms with Gasteiger partial charge in [0.05, 0.1) is 18.8 Å². The third-order valence-corrected chi connectivity index (χ3v) is 6.97. The number of hydrogen-bond donors (Lipinski definition) is 1. The number of aryl methyl sites for hydroxylation is 2. The van der Waals surface area contributed by atoms with Crippen LogP contribution < -0.4 is 5.32 Å². The first-order valence-corrected chi connectivity index (χ1v) is 12.2. The van der Waals surface area contributed by atoms with E-state index in [1.165, 1.54) is 17.4 Å². The van der Waals surface area contributed by atoms with Gasteiger partial charge in [0.15, 0.2) is 6.61 Å². The Kier molecular flexibility index (Phi) is 8.84. The molecule has 0 radical (unpaired) electrons. The van der Waals surface area contributed by atoms with Crippen molar-refractivity contribution in [3.63, 3.8) is 0 Å². The predicted molar refractivity (Wildman–Crippen MR) is 131 cm³/mol. The van der Waals surface area contributed by atoms with Crippen LogP contribution in [0.1, 0.15) is 51.1 Å². The number of thiophene rings is 1. The number of hydrogen-bond acceptors (Lipinski definition) is 8. The lowest BCUT2D eigenvalue weighted by Gasteiger charge is -2.09. The number of nitrogens with one attached hydrogen (secondary N) is 1. The molecule has 1 N–H and O–H groups in total. The summed E-state index contributed by atoms with van der Waals surface area (Å²) in [6.07, 6.45) is 4.01. The van der Waals surface area contributed by atoms with E-state index in [0.29, 0.717) is 29.3 Å². The van der Waals surface area contributed by atoms with Gasteiger partial charge < -0.3 is 24.1 Å². The Hall–Kier alpha value is -3.42. The molecule has 0 bridgehead atoms. The smallest absolute Gasteiger partial charge is 0.349 e. The molecule has 9 nitrogen and oxygen atoms in total. The highest BCUT2D eigenvalue weighted by Gasteiger charge is 2.28. The number of methoxy groups -OCH3 is 1. The molecule has 0 saturated carbocycles. The lowest BCUT2D eigenvalue weighted by molar-refractivity contribution is -0.142. The average molecular weight is 500 g/mol. The van der Waals surface area contributed by atoms with Gasteiger partial charge in [0.1, 0.15) is 16.6 Å². The summed E-state index contributed by atoms with van der Waals surface area (Å²) in [5, 5.41) is 12.5. The highest BCUT2D eigenvalue weighted by molar-refractivity contribution is 7.17. The number of anilines is 1. The fraction of sp³-hybridized carbons (Fsp3) is 0.440. The van der Waals surface area contributed by atoms with Crippen molar-refractivity contribution in [3.05, 3.63) is 44.6 Å². The highest BCUT2D eigenvalue weighted by atomic mass is 32.1. The van der Waals surface area contributed by atoms with E-state index < -0.39 is 24.5 Å². The molecule has 3 rings (SSSR count). The summed E-state index contributed by atoms with van der Waals surface area (Å²) in [5.74, 6) is -1.97. The number of carbonyl (C=O) groups is 3. The van der Waals surface area contributed by atoms with Gasteiger partial charge >= 0.3 is 11.9 Å². The standard InChI is InChI=1S/C25H29N3O6S/c1-5-33-25(31)22-19-7-6-8-20(19)35-23(22)27-21(29)14-34-24(30)18(13-26)12-17-11-15(2)28(16(17)3)9-10-32-4/h11-12H,5-10,14H2,1-4H3,(H,27,29)/b18-12+. The van der Waals surface area contributed by atoms with Gasteiger partial charge in [-0.1, -0.05) is 0 Å². The van der Waals surface area contributed by atoms with Crippen molar-refractivity contribution in [1.29, 1.82) is 5.26 Å². The van der Waals surface area contributed by atoms with Crippen LogP contribution >= 0.6 is 11.3 Å². The van der Waals surface area contributed by atoms with E-state index in [1.54, 1.807) is 14.0 Å². The third kappa shape index (κ3) is 5.99. The summed E-state index contributed by atoms with van der Waals surface area (Å²) in [5.41, 5.74) is 3.64. The Morgan fingerprint density at radius 3 is 2.71 bits per heavy atom. The summed E-state index contributed by atoms with van der Waals surface area (Å²) < 4.78 is 17.4. The van der Waals surface area contributed by atoms with Crippen LogP contribution in [0.2, 0.25) is 0 Å². The summed E-state index contributed by atoms with van der Waals surface area (Å²) in [6.45, 7) is 6.37. The molecule has 2 aromatic heterocycles. The molecule has 0 spiro atoms. The van der Waals surface area contributed by atoms with Gasteiger partial charge in [0.2, 0.25) is 0 Å². The van der Waals surface area contributed by atoms with E-state index in [4.69, 9.17) is 14.2 Å². The van der Waals surface area contributed by atoms with Crippen molar-refractivity contribution in [2.45, 2.75) is 46.6 Å². The number of nitriles is 1. The van der Waals surface area contributed by atoms with Gasteiger partial charge in [0, 0.05) is 29.9 Å². The van der Waals surface area contributed by atoms with Crippen molar-refractivity contribution < 1.29 is 28.6 Å². The minimum atomic E-state index is -0.899. The van der Waals surface area contributed by atoms with Crippen molar-refractivity contribution in [3.8, 4) is 6.07 Å². The third-order valence-electron chi connectivity index (χ3n) is 5.76. The van der Waals surface area contributed by atoms with Crippen molar-refractivity contribution in [2.75, 3.05) is 32.2 Å². The van der Waals surface area contributed by atoms with Crippen LogP contribution in [0.3, 0.4) is 0 Å². The lowest BCUT2D eigenvalue weighted by Crippen LogP contribution is -2.22. The predicted octanol–water partition coefficient (Wildman–Crippen LogP) is 3.57. The monoisotopic (exact) mass is 499 g/mol. The fourth-order valence-corrected chi connectivity index (χ4v) is 5.37. The lowest BCUT2D eigenvalue weighted by atomic mass is 10.1. The SMILES string of the molecule is CCOC(=O)c1c(NC(=O)COC(=O)/C(C#N)=C/c2cc(C)n(CCOC)c2C)sc2c1CCC2. The molecule has 0 fully saturated rings. The number of esters is 2. The van der Waals surface area contributed by atoms with Crippen LogP contribution in [0.4, 0.5) is 5.00 Å². The minimum Gasteiger partial charge on any atom is -0.462 e. The molecule has 0 unspecified atom stereocenters. The summed E-state index contributed by atoms with van der Waals surface area (Å²) >= 11 is 1.34. The van der Waals surface area contributed by atoms with Gasteiger partial charge in [-0.3, -0.25) is 4.79 Å². The first kappa shape index (κ1) is 26.2. The largest absolute Gasteiger partial charge is 0.462 e. The Morgan fingerprint density at radius 2 is 2.03 bits per heavy atom. The van der Waals surface area contributed by atoms with E-state index in [-0.39, 0.29) is 12.2 Å². The van der Waals surface area contributed by atoms with Crippen molar-refractivity contribution in [2.24, 2.45) is 0 Å². The molecule has 0 atom stereocenters. The second-order valence-electron chi connectivity index (χ2n) is 8.05. The van der Waals surface area contributed by atoms with E-state index >= 15 is 0 Å². The van der Waals surface area contributed by atoms with Gasteiger partial charge in [-0.25, -0.2) is 9.59 Å². The van der Waals surface area contributed by atoms with Crippen LogP contribution in [0.5, 0.6) is 0 Å². The van der Waals surface area contributed by atoms with E-state index in [9.17, 15) is 19.6 Å². The number of amides is 1. The molecule has 0 aromatic carbocycles.